The average molecular weight is 152 g/mol. The molecule has 0 spiro atoms. The van der Waals surface area contributed by atoms with Gasteiger partial charge in [0, 0.05) is 0 Å². The van der Waals surface area contributed by atoms with Gasteiger partial charge in [0.25, 0.3) is 0 Å². The van der Waals surface area contributed by atoms with Crippen LogP contribution in [0.25, 0.3) is 0 Å². The highest BCUT2D eigenvalue weighted by atomic mass is 14.6. The molecule has 0 aromatic rings. The Bertz CT molecular complexity index is 169. The smallest absolute Gasteiger partial charge is 0.0295 e. The van der Waals surface area contributed by atoms with E-state index in [4.69, 9.17) is 0 Å². The lowest BCUT2D eigenvalue weighted by atomic mass is 9.44. The van der Waals surface area contributed by atoms with Crippen LogP contribution < -0.4 is 0 Å². The molecule has 0 aliphatic heterocycles. The molecule has 0 aromatic heterocycles. The summed E-state index contributed by atoms with van der Waals surface area (Å²) in [6, 6.07) is 0. The Balaban J connectivity index is 2.17. The van der Waals surface area contributed by atoms with E-state index >= 15 is 0 Å². The first-order chi connectivity index (χ1) is 5.03. The molecule has 3 aliphatic carbocycles. The Morgan fingerprint density at radius 3 is 2.09 bits per heavy atom. The molecule has 0 heterocycles. The van der Waals surface area contributed by atoms with Crippen molar-refractivity contribution in [2.45, 2.75) is 40.5 Å². The first kappa shape index (κ1) is 7.64. The van der Waals surface area contributed by atoms with E-state index < -0.39 is 0 Å². The molecular formula is C11H20. The Labute approximate surface area is 70.4 Å². The number of hydrogen-bond acceptors (Lipinski definition) is 0. The summed E-state index contributed by atoms with van der Waals surface area (Å²) in [6.07, 6.45) is 3.02. The van der Waals surface area contributed by atoms with Crippen LogP contribution in [0.5, 0.6) is 0 Å². The van der Waals surface area contributed by atoms with Crippen LogP contribution >= 0.6 is 0 Å². The van der Waals surface area contributed by atoms with Gasteiger partial charge in [-0.05, 0) is 41.9 Å². The van der Waals surface area contributed by atoms with E-state index in [-0.39, 0.29) is 0 Å². The number of rotatable bonds is 0. The summed E-state index contributed by atoms with van der Waals surface area (Å²) in [7, 11) is 0. The van der Waals surface area contributed by atoms with Crippen molar-refractivity contribution in [1.29, 1.82) is 0 Å². The summed E-state index contributed by atoms with van der Waals surface area (Å²) in [4.78, 5) is 0. The van der Waals surface area contributed by atoms with Crippen LogP contribution in [-0.2, 0) is 0 Å². The predicted molar refractivity (Wildman–Crippen MR) is 48.3 cm³/mol. The van der Waals surface area contributed by atoms with E-state index in [0.29, 0.717) is 5.41 Å². The van der Waals surface area contributed by atoms with Crippen molar-refractivity contribution < 1.29 is 0 Å². The SMILES string of the molecule is CC1C[C@H]2CC([C@H]1C)C2(C)C. The van der Waals surface area contributed by atoms with Crippen molar-refractivity contribution in [3.05, 3.63) is 0 Å². The fourth-order valence-electron chi connectivity index (χ4n) is 3.41. The lowest BCUT2D eigenvalue weighted by molar-refractivity contribution is -0.124. The zero-order chi connectivity index (χ0) is 8.22. The normalized spacial score (nSPS) is 53.5. The minimum atomic E-state index is 0.686. The Hall–Kier alpha value is 0. The van der Waals surface area contributed by atoms with Crippen LogP contribution in [0.2, 0.25) is 0 Å². The van der Waals surface area contributed by atoms with E-state index in [1.54, 1.807) is 0 Å². The van der Waals surface area contributed by atoms with Crippen molar-refractivity contribution in [3.63, 3.8) is 0 Å². The van der Waals surface area contributed by atoms with E-state index in [1.807, 2.05) is 0 Å². The lowest BCUT2D eigenvalue weighted by Crippen LogP contribution is -2.54. The van der Waals surface area contributed by atoms with Crippen LogP contribution in [0.4, 0.5) is 0 Å². The van der Waals surface area contributed by atoms with E-state index in [0.717, 1.165) is 23.7 Å². The summed E-state index contributed by atoms with van der Waals surface area (Å²) in [6.45, 7) is 9.81. The Morgan fingerprint density at radius 1 is 1.09 bits per heavy atom. The molecule has 0 amide bonds. The van der Waals surface area contributed by atoms with Gasteiger partial charge in [0.2, 0.25) is 0 Å². The topological polar surface area (TPSA) is 0 Å². The Morgan fingerprint density at radius 2 is 1.73 bits per heavy atom. The average Bonchev–Trinajstić information content (AvgIpc) is 1.93. The largest absolute Gasteiger partial charge is 0.0622 e. The lowest BCUT2D eigenvalue weighted by Gasteiger charge is -2.61. The molecule has 0 radical (unpaired) electrons. The second kappa shape index (κ2) is 2.02. The van der Waals surface area contributed by atoms with Crippen molar-refractivity contribution in [1.82, 2.24) is 0 Å². The van der Waals surface area contributed by atoms with Crippen molar-refractivity contribution in [2.24, 2.45) is 29.1 Å². The van der Waals surface area contributed by atoms with Crippen LogP contribution in [0.15, 0.2) is 0 Å². The first-order valence-corrected chi connectivity index (χ1v) is 5.03. The molecule has 0 heteroatoms. The number of hydrogen-bond donors (Lipinski definition) is 0. The van der Waals surface area contributed by atoms with Gasteiger partial charge in [-0.1, -0.05) is 27.7 Å². The van der Waals surface area contributed by atoms with Gasteiger partial charge >= 0.3 is 0 Å². The van der Waals surface area contributed by atoms with Gasteiger partial charge < -0.3 is 0 Å². The molecule has 0 N–H and O–H groups in total. The molecule has 0 saturated heterocycles. The van der Waals surface area contributed by atoms with Crippen LogP contribution in [-0.4, -0.2) is 0 Å². The molecule has 2 unspecified atom stereocenters. The second-order valence-electron chi connectivity index (χ2n) is 5.43. The van der Waals surface area contributed by atoms with Crippen molar-refractivity contribution in [2.75, 3.05) is 0 Å². The zero-order valence-corrected chi connectivity index (χ0v) is 8.22. The molecule has 64 valence electrons. The molecule has 3 fully saturated rings. The molecule has 3 rings (SSSR count). The predicted octanol–water partition coefficient (Wildman–Crippen LogP) is 3.32. The van der Waals surface area contributed by atoms with E-state index in [2.05, 4.69) is 27.7 Å². The van der Waals surface area contributed by atoms with Gasteiger partial charge in [0.1, 0.15) is 0 Å². The van der Waals surface area contributed by atoms with Crippen molar-refractivity contribution >= 4 is 0 Å². The number of fused-ring (bicyclic) bond motifs is 2. The van der Waals surface area contributed by atoms with Crippen molar-refractivity contribution in [3.8, 4) is 0 Å². The van der Waals surface area contributed by atoms with E-state index in [1.165, 1.54) is 12.8 Å². The fourth-order valence-corrected chi connectivity index (χ4v) is 3.41. The minimum absolute atomic E-state index is 0.686. The maximum Gasteiger partial charge on any atom is -0.0295 e. The molecule has 3 aliphatic rings. The molecule has 2 bridgehead atoms. The summed E-state index contributed by atoms with van der Waals surface area (Å²) < 4.78 is 0. The first-order valence-electron chi connectivity index (χ1n) is 5.03. The summed E-state index contributed by atoms with van der Waals surface area (Å²) in [5, 5.41) is 0. The third-order valence-electron chi connectivity index (χ3n) is 4.73. The molecule has 4 atom stereocenters. The fraction of sp³-hybridized carbons (Fsp3) is 1.00. The molecule has 0 nitrogen and oxygen atoms in total. The molecule has 3 saturated carbocycles. The maximum atomic E-state index is 2.47. The van der Waals surface area contributed by atoms with Crippen LogP contribution in [0, 0.1) is 29.1 Å². The summed E-state index contributed by atoms with van der Waals surface area (Å²) in [5.41, 5.74) is 0.686. The summed E-state index contributed by atoms with van der Waals surface area (Å²) >= 11 is 0. The Kier molecular flexibility index (Phi) is 1.41. The van der Waals surface area contributed by atoms with E-state index in [9.17, 15) is 0 Å². The third-order valence-corrected chi connectivity index (χ3v) is 4.73. The second-order valence-corrected chi connectivity index (χ2v) is 5.43. The highest BCUT2D eigenvalue weighted by Crippen LogP contribution is 2.62. The van der Waals surface area contributed by atoms with Gasteiger partial charge in [0.15, 0.2) is 0 Å². The quantitative estimate of drug-likeness (QED) is 0.499. The van der Waals surface area contributed by atoms with Gasteiger partial charge in [-0.3, -0.25) is 0 Å². The third kappa shape index (κ3) is 0.816. The summed E-state index contributed by atoms with van der Waals surface area (Å²) in [5.74, 6) is 4.07. The van der Waals surface area contributed by atoms with Crippen LogP contribution in [0.3, 0.4) is 0 Å². The van der Waals surface area contributed by atoms with Gasteiger partial charge in [0.05, 0.1) is 0 Å². The van der Waals surface area contributed by atoms with Gasteiger partial charge in [-0.2, -0.15) is 0 Å². The molecular weight excluding hydrogens is 132 g/mol. The highest BCUT2D eigenvalue weighted by Gasteiger charge is 2.54. The highest BCUT2D eigenvalue weighted by molar-refractivity contribution is 5.03. The minimum Gasteiger partial charge on any atom is -0.0622 e. The molecule has 0 aromatic carbocycles. The standard InChI is InChI=1S/C11H20/c1-7-5-9-6-10(8(7)2)11(9,3)4/h7-10H,5-6H2,1-4H3/t7?,8-,9-,10?/m0/s1. The van der Waals surface area contributed by atoms with Crippen LogP contribution in [0.1, 0.15) is 40.5 Å². The zero-order valence-electron chi connectivity index (χ0n) is 8.22. The van der Waals surface area contributed by atoms with Gasteiger partial charge in [-0.15, -0.1) is 0 Å². The maximum absolute atomic E-state index is 2.47. The molecule has 11 heavy (non-hydrogen) atoms. The monoisotopic (exact) mass is 152 g/mol. The van der Waals surface area contributed by atoms with Gasteiger partial charge in [-0.25, -0.2) is 0 Å².